The lowest BCUT2D eigenvalue weighted by Crippen LogP contribution is -2.05. The molecule has 4 heteroatoms. The average Bonchev–Trinajstić information content (AvgIpc) is 2.33. The molecule has 0 bridgehead atoms. The lowest BCUT2D eigenvalue weighted by Gasteiger charge is -2.15. The van der Waals surface area contributed by atoms with Crippen molar-refractivity contribution in [3.63, 3.8) is 0 Å². The summed E-state index contributed by atoms with van der Waals surface area (Å²) in [6.07, 6.45) is 0.827. The van der Waals surface area contributed by atoms with Gasteiger partial charge in [-0.1, -0.05) is 18.5 Å². The number of halogens is 2. The number of fused-ring (bicyclic) bond motifs is 1. The van der Waals surface area contributed by atoms with Crippen LogP contribution in [0.2, 0.25) is 5.02 Å². The molecule has 0 amide bonds. The van der Waals surface area contributed by atoms with Crippen LogP contribution in [0.5, 0.6) is 0 Å². The average molecular weight is 267 g/mol. The van der Waals surface area contributed by atoms with E-state index in [9.17, 15) is 4.39 Å². The largest absolute Gasteiger partial charge is 0.385 e. The Labute approximate surface area is 111 Å². The smallest absolute Gasteiger partial charge is 0.125 e. The standard InChI is InChI=1S/C14H16ClFN2/c1-4-12-8(3)13(17-5-2)10-6-9(16)7-11(15)14(10)18-12/h6-7H,4-5H2,1-3H3,(H,17,18). The van der Waals surface area contributed by atoms with E-state index < -0.39 is 0 Å². The van der Waals surface area contributed by atoms with Gasteiger partial charge in [-0.3, -0.25) is 4.98 Å². The fourth-order valence-corrected chi connectivity index (χ4v) is 2.43. The van der Waals surface area contributed by atoms with Crippen molar-refractivity contribution in [3.05, 3.63) is 34.2 Å². The molecule has 0 unspecified atom stereocenters. The molecule has 0 radical (unpaired) electrons. The van der Waals surface area contributed by atoms with Gasteiger partial charge in [0, 0.05) is 23.3 Å². The van der Waals surface area contributed by atoms with E-state index in [0.29, 0.717) is 10.5 Å². The van der Waals surface area contributed by atoms with Gasteiger partial charge in [-0.15, -0.1) is 0 Å². The first-order valence-corrected chi connectivity index (χ1v) is 6.48. The second-order valence-corrected chi connectivity index (χ2v) is 4.63. The molecule has 2 nitrogen and oxygen atoms in total. The molecule has 0 aliphatic heterocycles. The van der Waals surface area contributed by atoms with Crippen molar-refractivity contribution in [1.82, 2.24) is 4.98 Å². The Balaban J connectivity index is 2.86. The number of hydrogen-bond acceptors (Lipinski definition) is 2. The first-order chi connectivity index (χ1) is 8.58. The molecule has 0 atom stereocenters. The van der Waals surface area contributed by atoms with E-state index in [1.165, 1.54) is 12.1 Å². The minimum atomic E-state index is -0.336. The number of pyridine rings is 1. The van der Waals surface area contributed by atoms with Crippen LogP contribution in [-0.4, -0.2) is 11.5 Å². The van der Waals surface area contributed by atoms with Crippen LogP contribution >= 0.6 is 11.6 Å². The molecule has 0 aliphatic carbocycles. The van der Waals surface area contributed by atoms with Gasteiger partial charge < -0.3 is 5.32 Å². The topological polar surface area (TPSA) is 24.9 Å². The van der Waals surface area contributed by atoms with Crippen LogP contribution in [-0.2, 0) is 6.42 Å². The van der Waals surface area contributed by atoms with Crippen molar-refractivity contribution < 1.29 is 4.39 Å². The summed E-state index contributed by atoms with van der Waals surface area (Å²) in [4.78, 5) is 4.54. The molecule has 0 spiro atoms. The summed E-state index contributed by atoms with van der Waals surface area (Å²) in [6.45, 7) is 6.84. The molecule has 1 heterocycles. The first-order valence-electron chi connectivity index (χ1n) is 6.10. The third-order valence-electron chi connectivity index (χ3n) is 3.04. The van der Waals surface area contributed by atoms with Crippen LogP contribution in [0.25, 0.3) is 10.9 Å². The van der Waals surface area contributed by atoms with Gasteiger partial charge >= 0.3 is 0 Å². The van der Waals surface area contributed by atoms with Gasteiger partial charge in [-0.05, 0) is 38.0 Å². The number of aromatic nitrogens is 1. The van der Waals surface area contributed by atoms with E-state index in [0.717, 1.165) is 35.3 Å². The number of hydrogen-bond donors (Lipinski definition) is 1. The first kappa shape index (κ1) is 13.1. The molecule has 0 aliphatic rings. The zero-order chi connectivity index (χ0) is 13.3. The van der Waals surface area contributed by atoms with Gasteiger partial charge in [0.1, 0.15) is 5.82 Å². The molecule has 96 valence electrons. The van der Waals surface area contributed by atoms with Crippen molar-refractivity contribution in [1.29, 1.82) is 0 Å². The number of nitrogens with one attached hydrogen (secondary N) is 1. The molecule has 2 aromatic rings. The number of nitrogens with zero attached hydrogens (tertiary/aromatic N) is 1. The Morgan fingerprint density at radius 2 is 2.06 bits per heavy atom. The van der Waals surface area contributed by atoms with Crippen LogP contribution in [0.4, 0.5) is 10.1 Å². The lowest BCUT2D eigenvalue weighted by molar-refractivity contribution is 0.629. The summed E-state index contributed by atoms with van der Waals surface area (Å²) in [5.74, 6) is -0.336. The summed E-state index contributed by atoms with van der Waals surface area (Å²) in [5, 5.41) is 4.39. The predicted molar refractivity (Wildman–Crippen MR) is 75.0 cm³/mol. The van der Waals surface area contributed by atoms with E-state index in [1.54, 1.807) is 0 Å². The lowest BCUT2D eigenvalue weighted by atomic mass is 10.1. The van der Waals surface area contributed by atoms with E-state index >= 15 is 0 Å². The highest BCUT2D eigenvalue weighted by Crippen LogP contribution is 2.33. The normalized spacial score (nSPS) is 10.9. The summed E-state index contributed by atoms with van der Waals surface area (Å²) in [5.41, 5.74) is 3.65. The molecule has 0 fully saturated rings. The van der Waals surface area contributed by atoms with Gasteiger partial charge in [0.2, 0.25) is 0 Å². The monoisotopic (exact) mass is 266 g/mol. The summed E-state index contributed by atoms with van der Waals surface area (Å²) in [6, 6.07) is 2.79. The van der Waals surface area contributed by atoms with Gasteiger partial charge in [0.25, 0.3) is 0 Å². The van der Waals surface area contributed by atoms with Gasteiger partial charge in [0.15, 0.2) is 0 Å². The molecule has 2 rings (SSSR count). The van der Waals surface area contributed by atoms with Crippen LogP contribution in [0.15, 0.2) is 12.1 Å². The molecule has 18 heavy (non-hydrogen) atoms. The highest BCUT2D eigenvalue weighted by Gasteiger charge is 2.13. The van der Waals surface area contributed by atoms with Crippen LogP contribution < -0.4 is 5.32 Å². The highest BCUT2D eigenvalue weighted by atomic mass is 35.5. The molecule has 0 saturated carbocycles. The van der Waals surface area contributed by atoms with Crippen molar-refractivity contribution >= 4 is 28.2 Å². The maximum absolute atomic E-state index is 13.5. The Kier molecular flexibility index (Phi) is 3.71. The molecular formula is C14H16ClFN2. The quantitative estimate of drug-likeness (QED) is 0.894. The van der Waals surface area contributed by atoms with Crippen molar-refractivity contribution in [3.8, 4) is 0 Å². The van der Waals surface area contributed by atoms with Crippen LogP contribution in [0.3, 0.4) is 0 Å². The maximum Gasteiger partial charge on any atom is 0.125 e. The van der Waals surface area contributed by atoms with Gasteiger partial charge in [-0.2, -0.15) is 0 Å². The van der Waals surface area contributed by atoms with Crippen LogP contribution in [0, 0.1) is 12.7 Å². The molecule has 1 aromatic carbocycles. The fourth-order valence-electron chi connectivity index (χ4n) is 2.18. The summed E-state index contributed by atoms with van der Waals surface area (Å²) >= 11 is 6.09. The Bertz CT molecular complexity index is 596. The molecule has 1 aromatic heterocycles. The number of aryl methyl sites for hydroxylation is 1. The van der Waals surface area contributed by atoms with Crippen molar-refractivity contribution in [2.75, 3.05) is 11.9 Å². The van der Waals surface area contributed by atoms with E-state index in [1.807, 2.05) is 20.8 Å². The molecule has 0 saturated heterocycles. The zero-order valence-corrected chi connectivity index (χ0v) is 11.5. The Morgan fingerprint density at radius 3 is 2.67 bits per heavy atom. The number of benzene rings is 1. The second-order valence-electron chi connectivity index (χ2n) is 4.23. The second kappa shape index (κ2) is 5.11. The van der Waals surface area contributed by atoms with Crippen molar-refractivity contribution in [2.24, 2.45) is 0 Å². The third-order valence-corrected chi connectivity index (χ3v) is 3.33. The maximum atomic E-state index is 13.5. The zero-order valence-electron chi connectivity index (χ0n) is 10.8. The fraction of sp³-hybridized carbons (Fsp3) is 0.357. The molecular weight excluding hydrogens is 251 g/mol. The summed E-state index contributed by atoms with van der Waals surface area (Å²) in [7, 11) is 0. The minimum Gasteiger partial charge on any atom is -0.385 e. The number of rotatable bonds is 3. The summed E-state index contributed by atoms with van der Waals surface area (Å²) < 4.78 is 13.5. The third kappa shape index (κ3) is 2.15. The highest BCUT2D eigenvalue weighted by molar-refractivity contribution is 6.35. The van der Waals surface area contributed by atoms with Gasteiger partial charge in [0.05, 0.1) is 10.5 Å². The Hall–Kier alpha value is -1.35. The van der Waals surface area contributed by atoms with E-state index in [2.05, 4.69) is 10.3 Å². The predicted octanol–water partition coefficient (Wildman–Crippen LogP) is 4.33. The minimum absolute atomic E-state index is 0.336. The van der Waals surface area contributed by atoms with Crippen LogP contribution in [0.1, 0.15) is 25.1 Å². The molecule has 1 N–H and O–H groups in total. The number of anilines is 1. The van der Waals surface area contributed by atoms with Gasteiger partial charge in [-0.25, -0.2) is 4.39 Å². The van der Waals surface area contributed by atoms with E-state index in [-0.39, 0.29) is 5.82 Å². The van der Waals surface area contributed by atoms with E-state index in [4.69, 9.17) is 11.6 Å². The van der Waals surface area contributed by atoms with Crippen molar-refractivity contribution in [2.45, 2.75) is 27.2 Å². The Morgan fingerprint density at radius 1 is 1.33 bits per heavy atom. The SMILES string of the molecule is CCNc1c(C)c(CC)nc2c(Cl)cc(F)cc12.